The summed E-state index contributed by atoms with van der Waals surface area (Å²) in [5.74, 6) is 7.71. The fourth-order valence-electron chi connectivity index (χ4n) is 6.90. The second kappa shape index (κ2) is 23.4. The van der Waals surface area contributed by atoms with Crippen molar-refractivity contribution in [2.45, 2.75) is 104 Å². The minimum Gasteiger partial charge on any atom is -0.453 e. The van der Waals surface area contributed by atoms with E-state index in [2.05, 4.69) is 66.3 Å². The molecule has 2 unspecified atom stereocenters. The molecule has 2 aromatic carbocycles. The zero-order valence-corrected chi connectivity index (χ0v) is 34.8. The summed E-state index contributed by atoms with van der Waals surface area (Å²) in [7, 11) is 2.55. The molecule has 3 heterocycles. The third kappa shape index (κ3) is 13.1. The average molecular weight is 797 g/mol. The van der Waals surface area contributed by atoms with Crippen LogP contribution in [-0.4, -0.2) is 88.7 Å². The van der Waals surface area contributed by atoms with Crippen molar-refractivity contribution < 1.29 is 28.7 Å². The smallest absolute Gasteiger partial charge is 0.407 e. The lowest BCUT2D eigenvalue weighted by atomic mass is 9.93. The number of alkyl carbamates (subject to hydrolysis) is 2. The molecule has 14 nitrogen and oxygen atoms in total. The van der Waals surface area contributed by atoms with Crippen LogP contribution >= 0.6 is 0 Å². The molecule has 1 fully saturated rings. The predicted molar refractivity (Wildman–Crippen MR) is 225 cm³/mol. The maximum atomic E-state index is 13.8. The molecular weight excluding hydrogens is 737 g/mol. The van der Waals surface area contributed by atoms with Crippen molar-refractivity contribution >= 4 is 35.0 Å². The Morgan fingerprint density at radius 3 is 2.26 bits per heavy atom. The van der Waals surface area contributed by atoms with Gasteiger partial charge in [-0.25, -0.2) is 19.6 Å². The number of aromatic nitrogens is 4. The Morgan fingerprint density at radius 1 is 0.879 bits per heavy atom. The minimum atomic E-state index is -0.658. The highest BCUT2D eigenvalue weighted by Crippen LogP contribution is 2.33. The number of ether oxygens (including phenoxy) is 2. The number of nitrogens with zero attached hydrogens (tertiary/aromatic N) is 3. The van der Waals surface area contributed by atoms with Crippen molar-refractivity contribution in [2.24, 2.45) is 5.92 Å². The highest BCUT2D eigenvalue weighted by molar-refractivity contribution is 5.86. The second-order valence-corrected chi connectivity index (χ2v) is 14.3. The molecular formula is C44H60N8O6. The summed E-state index contributed by atoms with van der Waals surface area (Å²) < 4.78 is 9.27. The lowest BCUT2D eigenvalue weighted by molar-refractivity contribution is -0.136. The number of rotatable bonds is 16. The van der Waals surface area contributed by atoms with Crippen molar-refractivity contribution in [3.05, 3.63) is 71.4 Å². The zero-order chi connectivity index (χ0) is 41.9. The fourth-order valence-corrected chi connectivity index (χ4v) is 6.90. The number of amides is 4. The first-order valence-electron chi connectivity index (χ1n) is 20.5. The monoisotopic (exact) mass is 796 g/mol. The number of H-pyrrole nitrogens is 2. The van der Waals surface area contributed by atoms with Crippen LogP contribution in [0.1, 0.15) is 114 Å². The molecule has 58 heavy (non-hydrogen) atoms. The van der Waals surface area contributed by atoms with Gasteiger partial charge in [0.15, 0.2) is 0 Å². The quantitative estimate of drug-likeness (QED) is 0.0584. The predicted octanol–water partition coefficient (Wildman–Crippen LogP) is 7.17. The molecule has 4 aromatic rings. The van der Waals surface area contributed by atoms with E-state index in [0.29, 0.717) is 13.1 Å². The number of aryl methyl sites for hydroxylation is 1. The first kappa shape index (κ1) is 44.9. The summed E-state index contributed by atoms with van der Waals surface area (Å²) in [4.78, 5) is 66.7. The standard InChI is InChI=1S/C39H48N8O6.C5H12/c1-5-27(6-2)35(46-39(51)53-4)37(49)47-21-9-10-32(47)36-41-23-31(45-36)28-17-14-25(15-18-28)12-13-26-16-19-29-30(22-26)44-33(43-29)11-7-8-20-40-34(48)24-42-38(50)52-3;1-3-5-4-2/h14-19,22-23,27,32,35H,5-11,20-21,24H2,1-4H3,(H,40,48)(H,41,45)(H,42,50)(H,43,44)(H,46,51);3-5H2,1-2H3. The van der Waals surface area contributed by atoms with E-state index in [1.165, 1.54) is 33.5 Å². The maximum absolute atomic E-state index is 13.8. The van der Waals surface area contributed by atoms with E-state index in [9.17, 15) is 19.2 Å². The maximum Gasteiger partial charge on any atom is 0.407 e. The number of fused-ring (bicyclic) bond motifs is 1. The number of likely N-dealkylation sites (tertiary alicyclic amines) is 1. The number of nitrogens with one attached hydrogen (secondary N) is 5. The molecule has 1 aliphatic rings. The van der Waals surface area contributed by atoms with E-state index in [1.807, 2.05) is 61.2 Å². The van der Waals surface area contributed by atoms with Crippen molar-refractivity contribution in [1.29, 1.82) is 0 Å². The van der Waals surface area contributed by atoms with Crippen molar-refractivity contribution in [2.75, 3.05) is 33.9 Å². The number of unbranched alkanes of at least 4 members (excludes halogenated alkanes) is 3. The molecule has 0 bridgehead atoms. The number of hydrogen-bond acceptors (Lipinski definition) is 8. The first-order chi connectivity index (χ1) is 28.1. The van der Waals surface area contributed by atoms with Crippen molar-refractivity contribution in [3.63, 3.8) is 0 Å². The summed E-state index contributed by atoms with van der Waals surface area (Å²) in [5, 5.41) is 7.90. The second-order valence-electron chi connectivity index (χ2n) is 14.3. The summed E-state index contributed by atoms with van der Waals surface area (Å²) in [6, 6.07) is 13.0. The van der Waals surface area contributed by atoms with Crippen LogP contribution in [0, 0.1) is 17.8 Å². The highest BCUT2D eigenvalue weighted by Gasteiger charge is 2.38. The van der Waals surface area contributed by atoms with E-state index < -0.39 is 18.2 Å². The number of methoxy groups -OCH3 is 2. The largest absolute Gasteiger partial charge is 0.453 e. The van der Waals surface area contributed by atoms with Gasteiger partial charge in [-0.05, 0) is 67.5 Å². The summed E-state index contributed by atoms with van der Waals surface area (Å²) in [5.41, 5.74) is 5.31. The van der Waals surface area contributed by atoms with Gasteiger partial charge in [0.2, 0.25) is 11.8 Å². The fraction of sp³-hybridized carbons (Fsp3) is 0.500. The van der Waals surface area contributed by atoms with Crippen LogP contribution in [0.4, 0.5) is 9.59 Å². The van der Waals surface area contributed by atoms with Crippen molar-refractivity contribution in [1.82, 2.24) is 40.8 Å². The van der Waals surface area contributed by atoms with Crippen LogP contribution < -0.4 is 16.0 Å². The number of imidazole rings is 2. The van der Waals surface area contributed by atoms with Crippen LogP contribution in [0.2, 0.25) is 0 Å². The van der Waals surface area contributed by atoms with Gasteiger partial charge in [0.05, 0.1) is 49.7 Å². The molecule has 5 N–H and O–H groups in total. The Bertz CT molecular complexity index is 1990. The van der Waals surface area contributed by atoms with Gasteiger partial charge < -0.3 is 40.3 Å². The Kier molecular flexibility index (Phi) is 18.1. The van der Waals surface area contributed by atoms with Crippen LogP contribution in [0.25, 0.3) is 22.3 Å². The van der Waals surface area contributed by atoms with Crippen molar-refractivity contribution in [3.8, 4) is 23.1 Å². The number of aromatic amines is 2. The highest BCUT2D eigenvalue weighted by atomic mass is 16.5. The minimum absolute atomic E-state index is 0.000647. The lowest BCUT2D eigenvalue weighted by Gasteiger charge is -2.31. The molecule has 0 aliphatic carbocycles. The van der Waals surface area contributed by atoms with Gasteiger partial charge in [0.25, 0.3) is 0 Å². The van der Waals surface area contributed by atoms with Gasteiger partial charge in [0, 0.05) is 30.6 Å². The van der Waals surface area contributed by atoms with Crippen LogP contribution in [-0.2, 0) is 25.5 Å². The molecule has 312 valence electrons. The number of benzene rings is 2. The van der Waals surface area contributed by atoms with Gasteiger partial charge in [-0.2, -0.15) is 0 Å². The van der Waals surface area contributed by atoms with Crippen LogP contribution in [0.15, 0.2) is 48.7 Å². The number of hydrogen-bond donors (Lipinski definition) is 5. The normalized spacial score (nSPS) is 13.8. The van der Waals surface area contributed by atoms with Gasteiger partial charge >= 0.3 is 12.2 Å². The molecule has 1 aliphatic heterocycles. The van der Waals surface area contributed by atoms with Gasteiger partial charge in [-0.3, -0.25) is 9.59 Å². The van der Waals surface area contributed by atoms with Crippen LogP contribution in [0.3, 0.4) is 0 Å². The number of carbonyl (C=O) groups is 4. The third-order valence-corrected chi connectivity index (χ3v) is 10.2. The Hall–Kier alpha value is -5.84. The number of carbonyl (C=O) groups excluding carboxylic acids is 4. The molecule has 2 atom stereocenters. The Labute approximate surface area is 342 Å². The molecule has 2 aromatic heterocycles. The molecule has 1 saturated heterocycles. The topological polar surface area (TPSA) is 183 Å². The average Bonchev–Trinajstić information content (AvgIpc) is 4.02. The summed E-state index contributed by atoms with van der Waals surface area (Å²) >= 11 is 0. The van der Waals surface area contributed by atoms with Gasteiger partial charge in [-0.1, -0.05) is 83.8 Å². The molecule has 5 rings (SSSR count). The molecule has 14 heteroatoms. The zero-order valence-electron chi connectivity index (χ0n) is 34.8. The van der Waals surface area contributed by atoms with E-state index in [0.717, 1.165) is 90.0 Å². The summed E-state index contributed by atoms with van der Waals surface area (Å²) in [6.45, 7) is 9.46. The Balaban J connectivity index is 0.00000140. The van der Waals surface area contributed by atoms with E-state index >= 15 is 0 Å². The molecule has 0 saturated carbocycles. The SMILES string of the molecule is CCC(CC)C(NC(=O)OC)C(=O)N1CCCC1c1ncc(-c2ccc(C#Cc3ccc4nc(CCCCNC(=O)CNC(=O)OC)[nH]c4c3)cc2)[nH]1.CCCCC. The van der Waals surface area contributed by atoms with E-state index in [1.54, 1.807) is 6.20 Å². The van der Waals surface area contributed by atoms with Crippen LogP contribution in [0.5, 0.6) is 0 Å². The first-order valence-corrected chi connectivity index (χ1v) is 20.5. The third-order valence-electron chi connectivity index (χ3n) is 10.2. The molecule has 4 amide bonds. The molecule has 0 spiro atoms. The summed E-state index contributed by atoms with van der Waals surface area (Å²) in [6.07, 6.45) is 10.1. The lowest BCUT2D eigenvalue weighted by Crippen LogP contribution is -2.52. The van der Waals surface area contributed by atoms with E-state index in [4.69, 9.17) is 4.74 Å². The molecule has 0 radical (unpaired) electrons. The van der Waals surface area contributed by atoms with Gasteiger partial charge in [-0.15, -0.1) is 0 Å². The van der Waals surface area contributed by atoms with E-state index in [-0.39, 0.29) is 30.3 Å². The van der Waals surface area contributed by atoms with Gasteiger partial charge in [0.1, 0.15) is 17.7 Å². The Morgan fingerprint density at radius 2 is 1.59 bits per heavy atom.